The van der Waals surface area contributed by atoms with Crippen LogP contribution in [0.4, 0.5) is 0 Å². The summed E-state index contributed by atoms with van der Waals surface area (Å²) in [6, 6.07) is 8.86. The van der Waals surface area contributed by atoms with Crippen molar-refractivity contribution in [3.05, 3.63) is 35.4 Å². The number of likely N-dealkylation sites (tertiary alicyclic amines) is 1. The second-order valence-corrected chi connectivity index (χ2v) is 10.3. The van der Waals surface area contributed by atoms with Crippen LogP contribution in [-0.4, -0.2) is 70.2 Å². The molecule has 0 aliphatic carbocycles. The Bertz CT molecular complexity index is 645. The zero-order valence-corrected chi connectivity index (χ0v) is 21.2. The van der Waals surface area contributed by atoms with Gasteiger partial charge in [0.1, 0.15) is 0 Å². The van der Waals surface area contributed by atoms with E-state index in [9.17, 15) is 5.11 Å². The Morgan fingerprint density at radius 3 is 2.45 bits per heavy atom. The van der Waals surface area contributed by atoms with Crippen molar-refractivity contribution in [3.8, 4) is 0 Å². The fourth-order valence-electron chi connectivity index (χ4n) is 3.87. The second-order valence-electron chi connectivity index (χ2n) is 8.52. The summed E-state index contributed by atoms with van der Waals surface area (Å²) < 4.78 is 0.278. The van der Waals surface area contributed by atoms with Crippen molar-refractivity contribution in [1.29, 1.82) is 0 Å². The standard InChI is InChI=1S/C22H36N4OS.HI/c1-4-23-21(26-13-14-28-22(2,3)17-26)24-15-18-5-7-19(8-6-18)16-25-11-9-20(27)10-12-25;/h5-8,20,27H,4,9-17H2,1-3H3,(H,23,24);1H. The monoisotopic (exact) mass is 532 g/mol. The van der Waals surface area contributed by atoms with Crippen molar-refractivity contribution in [2.24, 2.45) is 4.99 Å². The highest BCUT2D eigenvalue weighted by Gasteiger charge is 2.28. The van der Waals surface area contributed by atoms with E-state index in [2.05, 4.69) is 60.2 Å². The Morgan fingerprint density at radius 1 is 1.17 bits per heavy atom. The summed E-state index contributed by atoms with van der Waals surface area (Å²) in [7, 11) is 0. The van der Waals surface area contributed by atoms with Gasteiger partial charge in [0, 0.05) is 49.8 Å². The van der Waals surface area contributed by atoms with E-state index in [1.807, 2.05) is 11.8 Å². The molecule has 2 aliphatic rings. The first-order valence-corrected chi connectivity index (χ1v) is 11.6. The highest BCUT2D eigenvalue weighted by Crippen LogP contribution is 2.29. The van der Waals surface area contributed by atoms with E-state index in [-0.39, 0.29) is 34.8 Å². The summed E-state index contributed by atoms with van der Waals surface area (Å²) in [5, 5.41) is 13.1. The number of nitrogens with one attached hydrogen (secondary N) is 1. The number of halogens is 1. The van der Waals surface area contributed by atoms with Gasteiger partial charge in [-0.2, -0.15) is 11.8 Å². The van der Waals surface area contributed by atoms with Crippen LogP contribution < -0.4 is 5.32 Å². The summed E-state index contributed by atoms with van der Waals surface area (Å²) in [5.74, 6) is 2.19. The van der Waals surface area contributed by atoms with E-state index in [0.717, 1.165) is 63.8 Å². The molecule has 0 spiro atoms. The predicted molar refractivity (Wildman–Crippen MR) is 135 cm³/mol. The minimum atomic E-state index is -0.105. The van der Waals surface area contributed by atoms with Crippen LogP contribution in [0.15, 0.2) is 29.3 Å². The predicted octanol–water partition coefficient (Wildman–Crippen LogP) is 3.55. The van der Waals surface area contributed by atoms with Crippen LogP contribution in [0, 0.1) is 0 Å². The lowest BCUT2D eigenvalue weighted by atomic mass is 10.1. The minimum absolute atomic E-state index is 0. The third-order valence-electron chi connectivity index (χ3n) is 5.46. The average Bonchev–Trinajstić information content (AvgIpc) is 2.67. The molecule has 1 aromatic rings. The molecular weight excluding hydrogens is 495 g/mol. The molecule has 164 valence electrons. The van der Waals surface area contributed by atoms with Crippen LogP contribution in [0.2, 0.25) is 0 Å². The highest BCUT2D eigenvalue weighted by molar-refractivity contribution is 14.0. The molecule has 0 aromatic heterocycles. The van der Waals surface area contributed by atoms with Crippen molar-refractivity contribution >= 4 is 41.7 Å². The fraction of sp³-hybridized carbons (Fsp3) is 0.682. The minimum Gasteiger partial charge on any atom is -0.393 e. The summed E-state index contributed by atoms with van der Waals surface area (Å²) >= 11 is 2.05. The molecule has 0 unspecified atom stereocenters. The lowest BCUT2D eigenvalue weighted by Crippen LogP contribution is -2.50. The number of rotatable bonds is 5. The van der Waals surface area contributed by atoms with E-state index in [1.54, 1.807) is 0 Å². The van der Waals surface area contributed by atoms with Gasteiger partial charge in [0.25, 0.3) is 0 Å². The van der Waals surface area contributed by atoms with Crippen molar-refractivity contribution in [2.45, 2.75) is 57.6 Å². The van der Waals surface area contributed by atoms with Gasteiger partial charge in [-0.15, -0.1) is 24.0 Å². The zero-order chi connectivity index (χ0) is 20.0. The molecule has 2 fully saturated rings. The number of aliphatic hydroxyl groups excluding tert-OH is 1. The number of aliphatic hydroxyl groups is 1. The molecule has 7 heteroatoms. The quantitative estimate of drug-likeness (QED) is 0.345. The molecule has 5 nitrogen and oxygen atoms in total. The molecule has 3 rings (SSSR count). The van der Waals surface area contributed by atoms with E-state index >= 15 is 0 Å². The Kier molecular flexibility index (Phi) is 10.0. The topological polar surface area (TPSA) is 51.1 Å². The highest BCUT2D eigenvalue weighted by atomic mass is 127. The summed E-state index contributed by atoms with van der Waals surface area (Å²) in [4.78, 5) is 9.74. The number of aliphatic imine (C=N–C) groups is 1. The number of hydrogen-bond acceptors (Lipinski definition) is 4. The van der Waals surface area contributed by atoms with Gasteiger partial charge < -0.3 is 15.3 Å². The third kappa shape index (κ3) is 7.92. The average molecular weight is 533 g/mol. The Labute approximate surface area is 197 Å². The van der Waals surface area contributed by atoms with E-state index in [4.69, 9.17) is 4.99 Å². The molecule has 0 atom stereocenters. The molecule has 1 aromatic carbocycles. The molecule has 2 saturated heterocycles. The van der Waals surface area contributed by atoms with Gasteiger partial charge in [0.2, 0.25) is 0 Å². The maximum atomic E-state index is 9.65. The van der Waals surface area contributed by atoms with Crippen LogP contribution in [0.25, 0.3) is 0 Å². The van der Waals surface area contributed by atoms with Crippen LogP contribution in [0.3, 0.4) is 0 Å². The fourth-order valence-corrected chi connectivity index (χ4v) is 4.99. The van der Waals surface area contributed by atoms with Crippen molar-refractivity contribution in [1.82, 2.24) is 15.1 Å². The molecule has 0 bridgehead atoms. The SMILES string of the molecule is CCNC(=NCc1ccc(CN2CCC(O)CC2)cc1)N1CCSC(C)(C)C1.I. The third-order valence-corrected chi connectivity index (χ3v) is 6.75. The number of benzene rings is 1. The molecule has 0 radical (unpaired) electrons. The largest absolute Gasteiger partial charge is 0.393 e. The van der Waals surface area contributed by atoms with Gasteiger partial charge in [-0.3, -0.25) is 4.90 Å². The van der Waals surface area contributed by atoms with Crippen LogP contribution in [0.1, 0.15) is 44.7 Å². The van der Waals surface area contributed by atoms with Crippen molar-refractivity contribution < 1.29 is 5.11 Å². The molecule has 2 aliphatic heterocycles. The molecule has 2 heterocycles. The van der Waals surface area contributed by atoms with Gasteiger partial charge in [0.05, 0.1) is 12.6 Å². The van der Waals surface area contributed by atoms with E-state index in [0.29, 0.717) is 6.54 Å². The van der Waals surface area contributed by atoms with Crippen LogP contribution in [0.5, 0.6) is 0 Å². The number of nitrogens with zero attached hydrogens (tertiary/aromatic N) is 3. The van der Waals surface area contributed by atoms with Crippen LogP contribution >= 0.6 is 35.7 Å². The number of hydrogen-bond donors (Lipinski definition) is 2. The van der Waals surface area contributed by atoms with Crippen molar-refractivity contribution in [2.75, 3.05) is 38.5 Å². The second kappa shape index (κ2) is 11.8. The Balaban J connectivity index is 0.00000300. The molecule has 0 amide bonds. The van der Waals surface area contributed by atoms with Gasteiger partial charge in [-0.1, -0.05) is 24.3 Å². The smallest absolute Gasteiger partial charge is 0.194 e. The van der Waals surface area contributed by atoms with E-state index < -0.39 is 0 Å². The van der Waals surface area contributed by atoms with Crippen molar-refractivity contribution in [3.63, 3.8) is 0 Å². The van der Waals surface area contributed by atoms with Gasteiger partial charge in [0.15, 0.2) is 5.96 Å². The molecule has 2 N–H and O–H groups in total. The Hall–Kier alpha value is -0.510. The van der Waals surface area contributed by atoms with Crippen LogP contribution in [-0.2, 0) is 13.1 Å². The zero-order valence-electron chi connectivity index (χ0n) is 18.1. The van der Waals surface area contributed by atoms with Gasteiger partial charge in [-0.05, 0) is 44.7 Å². The first-order valence-electron chi connectivity index (χ1n) is 10.6. The first-order chi connectivity index (χ1) is 13.4. The number of piperidine rings is 1. The summed E-state index contributed by atoms with van der Waals surface area (Å²) in [6.45, 7) is 13.4. The van der Waals surface area contributed by atoms with Gasteiger partial charge >= 0.3 is 0 Å². The summed E-state index contributed by atoms with van der Waals surface area (Å²) in [6.07, 6.45) is 1.68. The molecule has 0 saturated carbocycles. The molecule has 29 heavy (non-hydrogen) atoms. The maximum absolute atomic E-state index is 9.65. The number of guanidine groups is 1. The Morgan fingerprint density at radius 2 is 1.83 bits per heavy atom. The number of thioether (sulfide) groups is 1. The molecular formula is C22H37IN4OS. The van der Waals surface area contributed by atoms with E-state index in [1.165, 1.54) is 11.1 Å². The van der Waals surface area contributed by atoms with Gasteiger partial charge in [-0.25, -0.2) is 4.99 Å². The normalized spacial score (nSPS) is 21.0. The lowest BCUT2D eigenvalue weighted by Gasteiger charge is -2.39. The maximum Gasteiger partial charge on any atom is 0.194 e. The first kappa shape index (κ1) is 24.8. The lowest BCUT2D eigenvalue weighted by molar-refractivity contribution is 0.0792. The summed E-state index contributed by atoms with van der Waals surface area (Å²) in [5.41, 5.74) is 2.59.